The van der Waals surface area contributed by atoms with E-state index in [-0.39, 0.29) is 0 Å². The molecule has 82 valence electrons. The lowest BCUT2D eigenvalue weighted by atomic mass is 10.1. The van der Waals surface area contributed by atoms with Crippen LogP contribution in [0, 0.1) is 12.3 Å². The molecular weight excluding hydrogens is 186 g/mol. The van der Waals surface area contributed by atoms with Gasteiger partial charge in [0.05, 0.1) is 12.0 Å². The van der Waals surface area contributed by atoms with Crippen molar-refractivity contribution in [3.63, 3.8) is 0 Å². The van der Waals surface area contributed by atoms with Crippen LogP contribution in [0.4, 0.5) is 0 Å². The van der Waals surface area contributed by atoms with Crippen molar-refractivity contribution in [1.29, 1.82) is 0 Å². The quantitative estimate of drug-likeness (QED) is 0.718. The molecule has 15 heavy (non-hydrogen) atoms. The predicted molar refractivity (Wildman–Crippen MR) is 62.3 cm³/mol. The summed E-state index contributed by atoms with van der Waals surface area (Å²) in [7, 11) is 0. The topological polar surface area (TPSA) is 29.9 Å². The summed E-state index contributed by atoms with van der Waals surface area (Å²) >= 11 is 0. The van der Waals surface area contributed by atoms with Crippen LogP contribution in [0.25, 0.3) is 0 Å². The Labute approximate surface area is 91.9 Å². The number of hydrogen-bond acceptors (Lipinski definition) is 2. The molecule has 1 unspecified atom stereocenters. The smallest absolute Gasteiger partial charge is 0.0948 e. The number of nitrogens with one attached hydrogen (secondary N) is 1. The minimum atomic E-state index is 0.412. The molecule has 0 spiro atoms. The van der Waals surface area contributed by atoms with Crippen LogP contribution < -0.4 is 5.32 Å². The van der Waals surface area contributed by atoms with Crippen LogP contribution in [0.5, 0.6) is 0 Å². The van der Waals surface area contributed by atoms with Gasteiger partial charge in [-0.15, -0.1) is 12.3 Å². The maximum absolute atomic E-state index is 5.30. The monoisotopic (exact) mass is 205 g/mol. The van der Waals surface area contributed by atoms with Gasteiger partial charge in [-0.05, 0) is 13.3 Å². The Morgan fingerprint density at radius 2 is 2.40 bits per heavy atom. The summed E-state index contributed by atoms with van der Waals surface area (Å²) in [5.41, 5.74) is 1.22. The van der Waals surface area contributed by atoms with Gasteiger partial charge >= 0.3 is 0 Å². The lowest BCUT2D eigenvalue weighted by Gasteiger charge is -2.14. The molecule has 0 aromatic carbocycles. The van der Waals surface area contributed by atoms with Crippen LogP contribution in [-0.2, 0) is 13.1 Å². The van der Waals surface area contributed by atoms with Crippen molar-refractivity contribution in [1.82, 2.24) is 14.9 Å². The lowest BCUT2D eigenvalue weighted by Crippen LogP contribution is -2.28. The first-order valence-corrected chi connectivity index (χ1v) is 5.47. The third-order valence-electron chi connectivity index (χ3n) is 2.57. The van der Waals surface area contributed by atoms with Gasteiger partial charge in [0.1, 0.15) is 0 Å². The zero-order valence-electron chi connectivity index (χ0n) is 9.53. The van der Waals surface area contributed by atoms with Crippen molar-refractivity contribution in [2.24, 2.45) is 0 Å². The average molecular weight is 205 g/mol. The molecule has 0 aliphatic heterocycles. The number of terminal acetylenes is 1. The van der Waals surface area contributed by atoms with E-state index in [0.29, 0.717) is 6.04 Å². The fourth-order valence-electron chi connectivity index (χ4n) is 1.53. The van der Waals surface area contributed by atoms with Crippen LogP contribution in [-0.4, -0.2) is 15.6 Å². The van der Waals surface area contributed by atoms with Gasteiger partial charge in [-0.25, -0.2) is 4.98 Å². The molecule has 1 aromatic heterocycles. The summed E-state index contributed by atoms with van der Waals surface area (Å²) in [6.07, 6.45) is 10.9. The molecule has 0 aliphatic rings. The van der Waals surface area contributed by atoms with E-state index in [1.165, 1.54) is 5.69 Å². The van der Waals surface area contributed by atoms with Crippen LogP contribution in [0.2, 0.25) is 0 Å². The molecule has 0 saturated heterocycles. The van der Waals surface area contributed by atoms with Crippen molar-refractivity contribution in [3.05, 3.63) is 18.2 Å². The molecule has 0 radical (unpaired) electrons. The number of hydrogen-bond donors (Lipinski definition) is 1. The molecule has 1 N–H and O–H groups in total. The van der Waals surface area contributed by atoms with E-state index in [4.69, 9.17) is 6.42 Å². The number of aromatic nitrogens is 2. The summed E-state index contributed by atoms with van der Waals surface area (Å²) in [5.74, 6) is 2.69. The number of imidazole rings is 1. The normalized spacial score (nSPS) is 12.3. The van der Waals surface area contributed by atoms with E-state index >= 15 is 0 Å². The third kappa shape index (κ3) is 3.41. The zero-order chi connectivity index (χ0) is 11.1. The van der Waals surface area contributed by atoms with Gasteiger partial charge in [-0.1, -0.05) is 6.92 Å². The van der Waals surface area contributed by atoms with Crippen molar-refractivity contribution >= 4 is 0 Å². The molecule has 3 nitrogen and oxygen atoms in total. The zero-order valence-corrected chi connectivity index (χ0v) is 9.53. The Morgan fingerprint density at radius 3 is 3.00 bits per heavy atom. The van der Waals surface area contributed by atoms with Crippen molar-refractivity contribution < 1.29 is 0 Å². The van der Waals surface area contributed by atoms with E-state index < -0.39 is 0 Å². The standard InChI is InChI=1S/C12H19N3/c1-4-7-11(5-2)14-9-12-8-13-10-15(12)6-3/h1,8,10-11,14H,5-7,9H2,2-3H3. The average Bonchev–Trinajstić information content (AvgIpc) is 2.71. The Bertz CT molecular complexity index is 322. The SMILES string of the molecule is C#CCC(CC)NCc1cncn1CC. The van der Waals surface area contributed by atoms with E-state index in [1.807, 2.05) is 12.5 Å². The summed E-state index contributed by atoms with van der Waals surface area (Å²) in [4.78, 5) is 4.13. The highest BCUT2D eigenvalue weighted by Gasteiger charge is 2.05. The fraction of sp³-hybridized carbons (Fsp3) is 0.583. The molecule has 1 heterocycles. The van der Waals surface area contributed by atoms with Gasteiger partial charge in [-0.3, -0.25) is 0 Å². The second-order valence-electron chi connectivity index (χ2n) is 3.57. The molecule has 1 atom stereocenters. The highest BCUT2D eigenvalue weighted by Crippen LogP contribution is 2.02. The van der Waals surface area contributed by atoms with E-state index in [9.17, 15) is 0 Å². The Hall–Kier alpha value is -1.27. The first-order chi connectivity index (χ1) is 7.31. The maximum atomic E-state index is 5.30. The summed E-state index contributed by atoms with van der Waals surface area (Å²) in [6.45, 7) is 6.06. The van der Waals surface area contributed by atoms with E-state index in [2.05, 4.69) is 34.6 Å². The van der Waals surface area contributed by atoms with Crippen LogP contribution in [0.15, 0.2) is 12.5 Å². The molecule has 0 amide bonds. The van der Waals surface area contributed by atoms with Gasteiger partial charge in [-0.2, -0.15) is 0 Å². The van der Waals surface area contributed by atoms with Crippen LogP contribution in [0.3, 0.4) is 0 Å². The van der Waals surface area contributed by atoms with Gasteiger partial charge in [0, 0.05) is 31.7 Å². The highest BCUT2D eigenvalue weighted by molar-refractivity contribution is 4.99. The molecule has 0 bridgehead atoms. The third-order valence-corrected chi connectivity index (χ3v) is 2.57. The van der Waals surface area contributed by atoms with Gasteiger partial charge in [0.15, 0.2) is 0 Å². The number of aryl methyl sites for hydroxylation is 1. The first kappa shape index (κ1) is 11.8. The van der Waals surface area contributed by atoms with E-state index in [1.54, 1.807) is 0 Å². The largest absolute Gasteiger partial charge is 0.334 e. The lowest BCUT2D eigenvalue weighted by molar-refractivity contribution is 0.493. The number of nitrogens with zero attached hydrogens (tertiary/aromatic N) is 2. The van der Waals surface area contributed by atoms with Crippen molar-refractivity contribution in [2.45, 2.75) is 45.8 Å². The molecular formula is C12H19N3. The van der Waals surface area contributed by atoms with Crippen molar-refractivity contribution in [3.8, 4) is 12.3 Å². The maximum Gasteiger partial charge on any atom is 0.0948 e. The minimum Gasteiger partial charge on any atom is -0.334 e. The van der Waals surface area contributed by atoms with E-state index in [0.717, 1.165) is 25.9 Å². The Morgan fingerprint density at radius 1 is 1.60 bits per heavy atom. The molecule has 0 saturated carbocycles. The van der Waals surface area contributed by atoms with Crippen molar-refractivity contribution in [2.75, 3.05) is 0 Å². The molecule has 0 fully saturated rings. The Kier molecular flexibility index (Phi) is 4.92. The molecule has 1 rings (SSSR count). The summed E-state index contributed by atoms with van der Waals surface area (Å²) in [6, 6.07) is 0.412. The minimum absolute atomic E-state index is 0.412. The molecule has 3 heteroatoms. The predicted octanol–water partition coefficient (Wildman–Crippen LogP) is 1.79. The van der Waals surface area contributed by atoms with Crippen LogP contribution in [0.1, 0.15) is 32.4 Å². The molecule has 0 aliphatic carbocycles. The fourth-order valence-corrected chi connectivity index (χ4v) is 1.53. The van der Waals surface area contributed by atoms with Gasteiger partial charge in [0.2, 0.25) is 0 Å². The Balaban J connectivity index is 2.45. The summed E-state index contributed by atoms with van der Waals surface area (Å²) in [5, 5.41) is 3.44. The first-order valence-electron chi connectivity index (χ1n) is 5.47. The van der Waals surface area contributed by atoms with Gasteiger partial charge in [0.25, 0.3) is 0 Å². The molecule has 1 aromatic rings. The van der Waals surface area contributed by atoms with Gasteiger partial charge < -0.3 is 9.88 Å². The second kappa shape index (κ2) is 6.26. The second-order valence-corrected chi connectivity index (χ2v) is 3.57. The van der Waals surface area contributed by atoms with Crippen LogP contribution >= 0.6 is 0 Å². The number of rotatable bonds is 6. The summed E-state index contributed by atoms with van der Waals surface area (Å²) < 4.78 is 2.13. The highest BCUT2D eigenvalue weighted by atomic mass is 15.1.